The highest BCUT2D eigenvalue weighted by atomic mass is 16.4. The van der Waals surface area contributed by atoms with E-state index in [1.54, 1.807) is 0 Å². The first-order valence-corrected chi connectivity index (χ1v) is 7.32. The first-order chi connectivity index (χ1) is 9.15. The van der Waals surface area contributed by atoms with Crippen LogP contribution in [0.1, 0.15) is 89.9 Å². The summed E-state index contributed by atoms with van der Waals surface area (Å²) in [7, 11) is 0. The molecule has 21 heavy (non-hydrogen) atoms. The van der Waals surface area contributed by atoms with Gasteiger partial charge in [-0.1, -0.05) is 62.3 Å². The summed E-state index contributed by atoms with van der Waals surface area (Å²) >= 11 is 0. The highest BCUT2D eigenvalue weighted by Crippen LogP contribution is 2.38. The fourth-order valence-corrected chi connectivity index (χ4v) is 2.35. The maximum atomic E-state index is 11.4. The molecule has 0 fully saturated rings. The van der Waals surface area contributed by atoms with Crippen LogP contribution in [0.4, 0.5) is 0 Å². The number of carboxylic acids is 1. The fourth-order valence-electron chi connectivity index (χ4n) is 2.35. The molecule has 0 aromatic carbocycles. The molecule has 1 N–H and O–H groups in total. The average molecular weight is 292 g/mol. The molecule has 0 saturated heterocycles. The van der Waals surface area contributed by atoms with Gasteiger partial charge in [-0.3, -0.25) is 0 Å². The van der Waals surface area contributed by atoms with Gasteiger partial charge in [0.1, 0.15) is 0 Å². The highest BCUT2D eigenvalue weighted by molar-refractivity contribution is 5.83. The monoisotopic (exact) mass is 292 g/mol. The summed E-state index contributed by atoms with van der Waals surface area (Å²) in [6.45, 7) is 18.7. The van der Waals surface area contributed by atoms with Gasteiger partial charge < -0.3 is 5.11 Å². The maximum Gasteiger partial charge on any atom is 0.373 e. The van der Waals surface area contributed by atoms with Gasteiger partial charge >= 0.3 is 5.97 Å². The quantitative estimate of drug-likeness (QED) is 0.847. The summed E-state index contributed by atoms with van der Waals surface area (Å²) < 4.78 is 0. The lowest BCUT2D eigenvalue weighted by Crippen LogP contribution is -2.32. The molecule has 0 radical (unpaired) electrons. The largest absolute Gasteiger partial charge is 0.475 e. The van der Waals surface area contributed by atoms with Crippen molar-refractivity contribution in [3.63, 3.8) is 0 Å². The van der Waals surface area contributed by atoms with Crippen LogP contribution in [-0.2, 0) is 16.2 Å². The normalized spacial score (nSPS) is 13.4. The molecular formula is C17H28N2O2. The van der Waals surface area contributed by atoms with Gasteiger partial charge in [-0.05, 0) is 5.41 Å². The summed E-state index contributed by atoms with van der Waals surface area (Å²) in [5.74, 6) is -1.19. The number of nitrogens with zero attached hydrogens (tertiary/aromatic N) is 2. The minimum atomic E-state index is -1.08. The van der Waals surface area contributed by atoms with E-state index in [4.69, 9.17) is 0 Å². The van der Waals surface area contributed by atoms with Crippen molar-refractivity contribution in [1.29, 1.82) is 0 Å². The Morgan fingerprint density at radius 3 is 1.29 bits per heavy atom. The highest BCUT2D eigenvalue weighted by Gasteiger charge is 2.35. The summed E-state index contributed by atoms with van der Waals surface area (Å²) in [6, 6.07) is 0. The van der Waals surface area contributed by atoms with Gasteiger partial charge in [-0.15, -0.1) is 0 Å². The lowest BCUT2D eigenvalue weighted by atomic mass is 9.73. The van der Waals surface area contributed by atoms with E-state index in [9.17, 15) is 9.90 Å². The number of hydrogen-bond acceptors (Lipinski definition) is 3. The molecule has 0 saturated carbocycles. The first kappa shape index (κ1) is 17.6. The third-order valence-electron chi connectivity index (χ3n) is 3.27. The Bertz CT molecular complexity index is 521. The van der Waals surface area contributed by atoms with Crippen molar-refractivity contribution in [2.75, 3.05) is 0 Å². The minimum absolute atomic E-state index is 0.113. The number of rotatable bonds is 1. The Hall–Kier alpha value is -1.45. The van der Waals surface area contributed by atoms with Gasteiger partial charge in [0.25, 0.3) is 0 Å². The molecule has 1 aromatic heterocycles. The van der Waals surface area contributed by atoms with Crippen LogP contribution in [0, 0.1) is 0 Å². The van der Waals surface area contributed by atoms with Crippen molar-refractivity contribution in [1.82, 2.24) is 9.97 Å². The van der Waals surface area contributed by atoms with E-state index in [0.717, 1.165) is 17.0 Å². The van der Waals surface area contributed by atoms with Gasteiger partial charge in [0, 0.05) is 16.4 Å². The minimum Gasteiger partial charge on any atom is -0.475 e. The van der Waals surface area contributed by atoms with Crippen molar-refractivity contribution >= 4 is 5.97 Å². The molecule has 4 nitrogen and oxygen atoms in total. The molecule has 0 spiro atoms. The predicted molar refractivity (Wildman–Crippen MR) is 85.1 cm³/mol. The molecule has 0 atom stereocenters. The van der Waals surface area contributed by atoms with Gasteiger partial charge in [0.2, 0.25) is 5.82 Å². The van der Waals surface area contributed by atoms with Crippen molar-refractivity contribution in [2.45, 2.75) is 78.6 Å². The molecule has 1 aromatic rings. The number of carbonyl (C=O) groups is 1. The van der Waals surface area contributed by atoms with E-state index in [-0.39, 0.29) is 22.1 Å². The van der Waals surface area contributed by atoms with E-state index in [1.165, 1.54) is 0 Å². The molecule has 0 bridgehead atoms. The SMILES string of the molecule is CC(C)(C)c1nc(C(=O)O)nc(C(C)(C)C)c1C(C)(C)C. The van der Waals surface area contributed by atoms with Crippen molar-refractivity contribution in [3.05, 3.63) is 22.8 Å². The van der Waals surface area contributed by atoms with E-state index in [1.807, 2.05) is 0 Å². The molecule has 1 rings (SSSR count). The Labute approximate surface area is 128 Å². The lowest BCUT2D eigenvalue weighted by Gasteiger charge is -2.34. The molecule has 118 valence electrons. The second kappa shape index (κ2) is 5.08. The summed E-state index contributed by atoms with van der Waals surface area (Å²) in [5.41, 5.74) is 2.08. The zero-order valence-corrected chi connectivity index (χ0v) is 14.7. The number of carboxylic acid groups (broad SMARTS) is 1. The van der Waals surface area contributed by atoms with Gasteiger partial charge in [-0.25, -0.2) is 14.8 Å². The van der Waals surface area contributed by atoms with Crippen LogP contribution in [0.5, 0.6) is 0 Å². The third-order valence-corrected chi connectivity index (χ3v) is 3.27. The number of aromatic carboxylic acids is 1. The van der Waals surface area contributed by atoms with Crippen LogP contribution in [-0.4, -0.2) is 21.0 Å². The smallest absolute Gasteiger partial charge is 0.373 e. The van der Waals surface area contributed by atoms with E-state index in [0.29, 0.717) is 0 Å². The fraction of sp³-hybridized carbons (Fsp3) is 0.706. The standard InChI is InChI=1S/C17H28N2O2/c1-15(2,3)10-11(16(4,5)6)18-13(14(20)21)19-12(10)17(7,8)9/h1-9H3,(H,20,21). The molecule has 0 amide bonds. The molecule has 0 aliphatic rings. The van der Waals surface area contributed by atoms with Crippen molar-refractivity contribution < 1.29 is 9.90 Å². The topological polar surface area (TPSA) is 63.1 Å². The van der Waals surface area contributed by atoms with E-state index in [2.05, 4.69) is 72.3 Å². The zero-order valence-electron chi connectivity index (χ0n) is 14.7. The van der Waals surface area contributed by atoms with Crippen molar-refractivity contribution in [3.8, 4) is 0 Å². The molecule has 4 heteroatoms. The Balaban J connectivity index is 3.93. The van der Waals surface area contributed by atoms with Gasteiger partial charge in [0.15, 0.2) is 0 Å². The summed E-state index contributed by atoms with van der Waals surface area (Å²) in [4.78, 5) is 20.1. The average Bonchev–Trinajstić information content (AvgIpc) is 2.23. The Kier molecular flexibility index (Phi) is 4.25. The second-order valence-electron chi connectivity index (χ2n) is 8.67. The van der Waals surface area contributed by atoms with Crippen molar-refractivity contribution in [2.24, 2.45) is 0 Å². The summed E-state index contributed by atoms with van der Waals surface area (Å²) in [5, 5.41) is 9.33. The van der Waals surface area contributed by atoms with Gasteiger partial charge in [-0.2, -0.15) is 0 Å². The van der Waals surface area contributed by atoms with Crippen LogP contribution in [0.15, 0.2) is 0 Å². The van der Waals surface area contributed by atoms with Crippen LogP contribution < -0.4 is 0 Å². The predicted octanol–water partition coefficient (Wildman–Crippen LogP) is 4.07. The van der Waals surface area contributed by atoms with Crippen LogP contribution in [0.3, 0.4) is 0 Å². The van der Waals surface area contributed by atoms with Gasteiger partial charge in [0.05, 0.1) is 11.4 Å². The summed E-state index contributed by atoms with van der Waals surface area (Å²) in [6.07, 6.45) is 0. The van der Waals surface area contributed by atoms with E-state index >= 15 is 0 Å². The Morgan fingerprint density at radius 2 is 1.10 bits per heavy atom. The van der Waals surface area contributed by atoms with E-state index < -0.39 is 5.97 Å². The molecule has 1 heterocycles. The van der Waals surface area contributed by atoms with Crippen LogP contribution in [0.2, 0.25) is 0 Å². The number of hydrogen-bond donors (Lipinski definition) is 1. The first-order valence-electron chi connectivity index (χ1n) is 7.32. The zero-order chi connectivity index (χ0) is 16.8. The number of aromatic nitrogens is 2. The molecular weight excluding hydrogens is 264 g/mol. The Morgan fingerprint density at radius 1 is 0.762 bits per heavy atom. The second-order valence-corrected chi connectivity index (χ2v) is 8.67. The molecule has 0 aliphatic heterocycles. The van der Waals surface area contributed by atoms with Crippen LogP contribution in [0.25, 0.3) is 0 Å². The maximum absolute atomic E-state index is 11.4. The lowest BCUT2D eigenvalue weighted by molar-refractivity contribution is 0.0682. The third kappa shape index (κ3) is 3.80. The molecule has 0 aliphatic carbocycles. The van der Waals surface area contributed by atoms with Crippen LogP contribution >= 0.6 is 0 Å². The molecule has 0 unspecified atom stereocenters.